The molecule has 0 radical (unpaired) electrons. The number of aryl methyl sites for hydroxylation is 1. The summed E-state index contributed by atoms with van der Waals surface area (Å²) < 4.78 is 24.7. The first-order valence-corrected chi connectivity index (χ1v) is 9.22. The van der Waals surface area contributed by atoms with E-state index in [2.05, 4.69) is 10.9 Å². The maximum absolute atomic E-state index is 13.8. The summed E-state index contributed by atoms with van der Waals surface area (Å²) >= 11 is 0. The van der Waals surface area contributed by atoms with Crippen molar-refractivity contribution >= 4 is 11.8 Å². The Kier molecular flexibility index (Phi) is 6.63. The van der Waals surface area contributed by atoms with E-state index in [9.17, 15) is 14.0 Å². The minimum atomic E-state index is -0.429. The van der Waals surface area contributed by atoms with Crippen LogP contribution >= 0.6 is 0 Å². The summed E-state index contributed by atoms with van der Waals surface area (Å²) in [7, 11) is 0. The zero-order chi connectivity index (χ0) is 20.6. The van der Waals surface area contributed by atoms with Crippen LogP contribution in [0.25, 0.3) is 11.3 Å². The fraction of sp³-hybridized carbons (Fsp3) is 0.182. The highest BCUT2D eigenvalue weighted by molar-refractivity contribution is 5.95. The number of nitrogens with one attached hydrogen (secondary N) is 2. The van der Waals surface area contributed by atoms with Crippen molar-refractivity contribution in [3.63, 3.8) is 0 Å². The molecule has 0 atom stereocenters. The molecule has 0 aliphatic carbocycles. The molecule has 150 valence electrons. The molecule has 0 unspecified atom stereocenters. The van der Waals surface area contributed by atoms with Gasteiger partial charge in [-0.3, -0.25) is 20.4 Å². The SMILES string of the molecule is CCOc1ccc(C(=O)NNC(=O)CCc2ccc(-c3ccccc3F)o2)cc1. The molecule has 0 spiro atoms. The van der Waals surface area contributed by atoms with E-state index in [-0.39, 0.29) is 18.1 Å². The molecule has 0 aliphatic rings. The summed E-state index contributed by atoms with van der Waals surface area (Å²) in [6.07, 6.45) is 0.424. The van der Waals surface area contributed by atoms with E-state index in [4.69, 9.17) is 9.15 Å². The van der Waals surface area contributed by atoms with Crippen LogP contribution in [0, 0.1) is 5.82 Å². The van der Waals surface area contributed by atoms with Crippen molar-refractivity contribution in [1.29, 1.82) is 0 Å². The number of rotatable bonds is 7. The Morgan fingerprint density at radius 2 is 1.76 bits per heavy atom. The molecule has 1 heterocycles. The van der Waals surface area contributed by atoms with Crippen LogP contribution in [-0.4, -0.2) is 18.4 Å². The van der Waals surface area contributed by atoms with E-state index in [0.29, 0.717) is 41.4 Å². The van der Waals surface area contributed by atoms with Gasteiger partial charge in [-0.25, -0.2) is 4.39 Å². The number of benzene rings is 2. The van der Waals surface area contributed by atoms with Crippen LogP contribution < -0.4 is 15.6 Å². The van der Waals surface area contributed by atoms with Crippen molar-refractivity contribution in [2.45, 2.75) is 19.8 Å². The van der Waals surface area contributed by atoms with E-state index in [1.54, 1.807) is 54.6 Å². The quantitative estimate of drug-likeness (QED) is 0.594. The van der Waals surface area contributed by atoms with Crippen LogP contribution in [0.3, 0.4) is 0 Å². The van der Waals surface area contributed by atoms with Crippen molar-refractivity contribution in [3.05, 3.63) is 77.8 Å². The van der Waals surface area contributed by atoms with Gasteiger partial charge in [0.2, 0.25) is 5.91 Å². The number of furan rings is 1. The van der Waals surface area contributed by atoms with Gasteiger partial charge in [0, 0.05) is 18.4 Å². The summed E-state index contributed by atoms with van der Waals surface area (Å²) in [5, 5.41) is 0. The monoisotopic (exact) mass is 396 g/mol. The molecule has 3 rings (SSSR count). The Bertz CT molecular complexity index is 982. The van der Waals surface area contributed by atoms with Gasteiger partial charge >= 0.3 is 0 Å². The molecule has 29 heavy (non-hydrogen) atoms. The molecule has 0 bridgehead atoms. The van der Waals surface area contributed by atoms with Crippen molar-refractivity contribution in [2.75, 3.05) is 6.61 Å². The molecule has 0 aliphatic heterocycles. The third-order valence-electron chi connectivity index (χ3n) is 4.14. The number of halogens is 1. The molecule has 1 aromatic heterocycles. The summed E-state index contributed by atoms with van der Waals surface area (Å²) in [5.74, 6) is 0.456. The van der Waals surface area contributed by atoms with Gasteiger partial charge in [0.15, 0.2) is 0 Å². The molecule has 2 aromatic carbocycles. The van der Waals surface area contributed by atoms with Gasteiger partial charge in [-0.15, -0.1) is 0 Å². The lowest BCUT2D eigenvalue weighted by Crippen LogP contribution is -2.41. The zero-order valence-electron chi connectivity index (χ0n) is 15.9. The first-order chi connectivity index (χ1) is 14.1. The van der Waals surface area contributed by atoms with Gasteiger partial charge in [0.05, 0.1) is 12.2 Å². The molecular weight excluding hydrogens is 375 g/mol. The van der Waals surface area contributed by atoms with Crippen molar-refractivity contribution < 1.29 is 23.1 Å². The van der Waals surface area contributed by atoms with Gasteiger partial charge in [-0.1, -0.05) is 12.1 Å². The lowest BCUT2D eigenvalue weighted by atomic mass is 10.1. The Morgan fingerprint density at radius 3 is 2.48 bits per heavy atom. The van der Waals surface area contributed by atoms with Crippen LogP contribution in [-0.2, 0) is 11.2 Å². The standard InChI is InChI=1S/C22H21FN2O4/c1-2-28-16-9-7-15(8-10-16)22(27)25-24-21(26)14-12-17-11-13-20(29-17)18-5-3-4-6-19(18)23/h3-11,13H,2,12,14H2,1H3,(H,24,26)(H,25,27). The second-order valence-corrected chi connectivity index (χ2v) is 6.21. The summed E-state index contributed by atoms with van der Waals surface area (Å²) in [6, 6.07) is 16.3. The van der Waals surface area contributed by atoms with Crippen LogP contribution in [0.1, 0.15) is 29.5 Å². The number of carbonyl (C=O) groups is 2. The summed E-state index contributed by atoms with van der Waals surface area (Å²) in [4.78, 5) is 24.0. The second-order valence-electron chi connectivity index (χ2n) is 6.21. The molecule has 2 N–H and O–H groups in total. The number of carbonyl (C=O) groups excluding carboxylic acids is 2. The minimum Gasteiger partial charge on any atom is -0.494 e. The number of amides is 2. The molecule has 0 fully saturated rings. The van der Waals surface area contributed by atoms with E-state index in [0.717, 1.165) is 0 Å². The Balaban J connectivity index is 1.46. The van der Waals surface area contributed by atoms with E-state index in [1.807, 2.05) is 6.92 Å². The van der Waals surface area contributed by atoms with Crippen LogP contribution in [0.2, 0.25) is 0 Å². The van der Waals surface area contributed by atoms with E-state index >= 15 is 0 Å². The highest BCUT2D eigenvalue weighted by atomic mass is 19.1. The predicted molar refractivity (Wildman–Crippen MR) is 106 cm³/mol. The van der Waals surface area contributed by atoms with Crippen molar-refractivity contribution in [3.8, 4) is 17.1 Å². The fourth-order valence-electron chi connectivity index (χ4n) is 2.69. The summed E-state index contributed by atoms with van der Waals surface area (Å²) in [5.41, 5.74) is 5.50. The normalized spacial score (nSPS) is 10.4. The number of ether oxygens (including phenoxy) is 1. The maximum Gasteiger partial charge on any atom is 0.269 e. The topological polar surface area (TPSA) is 80.6 Å². The van der Waals surface area contributed by atoms with Gasteiger partial charge in [-0.05, 0) is 55.5 Å². The summed E-state index contributed by atoms with van der Waals surface area (Å²) in [6.45, 7) is 2.42. The number of hydrazine groups is 1. The number of hydrogen-bond acceptors (Lipinski definition) is 4. The average molecular weight is 396 g/mol. The number of hydrogen-bond donors (Lipinski definition) is 2. The van der Waals surface area contributed by atoms with Gasteiger partial charge < -0.3 is 9.15 Å². The Morgan fingerprint density at radius 1 is 1.00 bits per heavy atom. The van der Waals surface area contributed by atoms with Gasteiger partial charge in [-0.2, -0.15) is 0 Å². The van der Waals surface area contributed by atoms with E-state index < -0.39 is 5.91 Å². The molecule has 0 saturated heterocycles. The predicted octanol–water partition coefficient (Wildman–Crippen LogP) is 3.88. The van der Waals surface area contributed by atoms with Crippen molar-refractivity contribution in [2.24, 2.45) is 0 Å². The Hall–Kier alpha value is -3.61. The fourth-order valence-corrected chi connectivity index (χ4v) is 2.69. The second kappa shape index (κ2) is 9.54. The molecule has 2 amide bonds. The average Bonchev–Trinajstić information content (AvgIpc) is 3.20. The smallest absolute Gasteiger partial charge is 0.269 e. The Labute approximate surface area is 167 Å². The van der Waals surface area contributed by atoms with Crippen LogP contribution in [0.5, 0.6) is 5.75 Å². The third-order valence-corrected chi connectivity index (χ3v) is 4.14. The molecule has 0 saturated carbocycles. The molecular formula is C22H21FN2O4. The van der Waals surface area contributed by atoms with Gasteiger partial charge in [0.1, 0.15) is 23.1 Å². The first kappa shape index (κ1) is 20.1. The van der Waals surface area contributed by atoms with Crippen LogP contribution in [0.15, 0.2) is 65.1 Å². The minimum absolute atomic E-state index is 0.105. The maximum atomic E-state index is 13.8. The van der Waals surface area contributed by atoms with Gasteiger partial charge in [0.25, 0.3) is 5.91 Å². The highest BCUT2D eigenvalue weighted by Crippen LogP contribution is 2.25. The lowest BCUT2D eigenvalue weighted by Gasteiger charge is -2.08. The molecule has 6 nitrogen and oxygen atoms in total. The molecule has 3 aromatic rings. The third kappa shape index (κ3) is 5.44. The van der Waals surface area contributed by atoms with Crippen LogP contribution in [0.4, 0.5) is 4.39 Å². The van der Waals surface area contributed by atoms with E-state index in [1.165, 1.54) is 6.07 Å². The van der Waals surface area contributed by atoms with Crippen molar-refractivity contribution in [1.82, 2.24) is 10.9 Å². The zero-order valence-corrected chi connectivity index (χ0v) is 15.9. The largest absolute Gasteiger partial charge is 0.494 e. The molecule has 7 heteroatoms. The lowest BCUT2D eigenvalue weighted by molar-refractivity contribution is -0.121. The first-order valence-electron chi connectivity index (χ1n) is 9.22. The highest BCUT2D eigenvalue weighted by Gasteiger charge is 2.11.